The Morgan fingerprint density at radius 1 is 0.500 bits per heavy atom. The van der Waals surface area contributed by atoms with Gasteiger partial charge in [0.25, 0.3) is 0 Å². The van der Waals surface area contributed by atoms with Crippen LogP contribution in [0.4, 0.5) is 0 Å². The molecule has 0 fully saturated rings. The molecule has 7 rings (SSSR count). The molecule has 4 heteroatoms. The number of hydrogen-bond acceptors (Lipinski definition) is 3. The highest BCUT2D eigenvalue weighted by Crippen LogP contribution is 2.33. The highest BCUT2D eigenvalue weighted by atomic mass is 16.4. The minimum absolute atomic E-state index is 0.103. The second-order valence-corrected chi connectivity index (χ2v) is 11.2. The lowest BCUT2D eigenvalue weighted by Gasteiger charge is -2.18. The molecule has 0 bridgehead atoms. The molecule has 0 saturated carbocycles. The molecule has 4 nitrogen and oxygen atoms in total. The summed E-state index contributed by atoms with van der Waals surface area (Å²) in [7, 11) is 0. The summed E-state index contributed by atoms with van der Waals surface area (Å²) in [5.41, 5.74) is 9.06. The Morgan fingerprint density at radius 2 is 0.925 bits per heavy atom. The van der Waals surface area contributed by atoms with E-state index in [4.69, 9.17) is 4.42 Å². The number of rotatable bonds is 4. The number of benzene rings is 5. The van der Waals surface area contributed by atoms with E-state index in [0.717, 1.165) is 27.9 Å². The van der Waals surface area contributed by atoms with Gasteiger partial charge in [-0.3, -0.25) is 0 Å². The van der Waals surface area contributed by atoms with Crippen molar-refractivity contribution in [3.8, 4) is 39.7 Å². The fourth-order valence-electron chi connectivity index (χ4n) is 5.38. The Kier molecular flexibility index (Phi) is 5.64. The van der Waals surface area contributed by atoms with Crippen LogP contribution in [0.1, 0.15) is 26.3 Å². The molecular formula is C36H29N3O. The van der Waals surface area contributed by atoms with Crippen LogP contribution < -0.4 is 0 Å². The molecular weight excluding hydrogens is 490 g/mol. The van der Waals surface area contributed by atoms with Gasteiger partial charge in [0.05, 0.1) is 11.0 Å². The van der Waals surface area contributed by atoms with E-state index < -0.39 is 0 Å². The fourth-order valence-corrected chi connectivity index (χ4v) is 5.38. The van der Waals surface area contributed by atoms with Crippen LogP contribution in [0.15, 0.2) is 126 Å². The van der Waals surface area contributed by atoms with E-state index in [1.54, 1.807) is 0 Å². The van der Waals surface area contributed by atoms with E-state index in [1.165, 1.54) is 27.4 Å². The Morgan fingerprint density at radius 3 is 1.43 bits per heavy atom. The summed E-state index contributed by atoms with van der Waals surface area (Å²) in [5, 5.41) is 11.1. The van der Waals surface area contributed by atoms with Crippen molar-refractivity contribution in [1.29, 1.82) is 0 Å². The number of aromatic nitrogens is 3. The molecule has 0 amide bonds. The molecule has 40 heavy (non-hydrogen) atoms. The Balaban J connectivity index is 1.15. The van der Waals surface area contributed by atoms with Gasteiger partial charge in [-0.25, -0.2) is 0 Å². The van der Waals surface area contributed by atoms with Gasteiger partial charge in [-0.05, 0) is 70.6 Å². The Labute approximate surface area is 233 Å². The van der Waals surface area contributed by atoms with Gasteiger partial charge in [-0.1, -0.05) is 93.6 Å². The van der Waals surface area contributed by atoms with Crippen molar-refractivity contribution in [2.75, 3.05) is 0 Å². The number of nitrogens with zero attached hydrogens (tertiary/aromatic N) is 3. The van der Waals surface area contributed by atoms with Crippen LogP contribution in [0.5, 0.6) is 0 Å². The fraction of sp³-hybridized carbons (Fsp3) is 0.111. The minimum atomic E-state index is 0.103. The highest BCUT2D eigenvalue weighted by molar-refractivity contribution is 6.09. The lowest BCUT2D eigenvalue weighted by molar-refractivity contribution is 0.582. The molecule has 0 spiro atoms. The molecule has 0 unspecified atom stereocenters. The van der Waals surface area contributed by atoms with Gasteiger partial charge in [0, 0.05) is 27.6 Å². The first-order valence-electron chi connectivity index (χ1n) is 13.6. The van der Waals surface area contributed by atoms with Crippen LogP contribution >= 0.6 is 0 Å². The summed E-state index contributed by atoms with van der Waals surface area (Å²) < 4.78 is 8.36. The second kappa shape index (κ2) is 9.35. The highest BCUT2D eigenvalue weighted by Gasteiger charge is 2.16. The molecule has 194 valence electrons. The van der Waals surface area contributed by atoms with Crippen molar-refractivity contribution in [3.05, 3.63) is 127 Å². The van der Waals surface area contributed by atoms with Crippen LogP contribution in [0.2, 0.25) is 0 Å². The maximum atomic E-state index is 6.03. The SMILES string of the molecule is CC(C)(C)c1ccc(-c2nnc(-c3ccc(-c4ccc(-n5c6ccccc6c6ccccc65)cc4)cc3)o2)cc1. The van der Waals surface area contributed by atoms with Gasteiger partial charge in [-0.2, -0.15) is 0 Å². The van der Waals surface area contributed by atoms with Crippen molar-refractivity contribution >= 4 is 21.8 Å². The maximum Gasteiger partial charge on any atom is 0.248 e. The standard InChI is InChI=1S/C36H29N3O/c1-36(2,3)28-20-16-27(17-21-28)35-38-37-34(40-35)26-14-12-24(13-15-26)25-18-22-29(23-19-25)39-32-10-6-4-8-30(32)31-9-5-7-11-33(31)39/h4-23H,1-3H3. The van der Waals surface area contributed by atoms with Crippen molar-refractivity contribution in [3.63, 3.8) is 0 Å². The second-order valence-electron chi connectivity index (χ2n) is 11.2. The largest absolute Gasteiger partial charge is 0.416 e. The van der Waals surface area contributed by atoms with Crippen molar-refractivity contribution in [1.82, 2.24) is 14.8 Å². The zero-order valence-electron chi connectivity index (χ0n) is 22.8. The summed E-state index contributed by atoms with van der Waals surface area (Å²) in [6, 6.07) is 42.5. The van der Waals surface area contributed by atoms with Gasteiger partial charge in [0.1, 0.15) is 0 Å². The Hall–Kier alpha value is -4.96. The number of para-hydroxylation sites is 2. The quantitative estimate of drug-likeness (QED) is 0.233. The normalized spacial score (nSPS) is 11.9. The van der Waals surface area contributed by atoms with Gasteiger partial charge in [-0.15, -0.1) is 10.2 Å². The molecule has 7 aromatic rings. The molecule has 0 saturated heterocycles. The zero-order chi connectivity index (χ0) is 27.3. The minimum Gasteiger partial charge on any atom is -0.416 e. The molecule has 0 atom stereocenters. The van der Waals surface area contributed by atoms with Crippen LogP contribution in [-0.2, 0) is 5.41 Å². The zero-order valence-corrected chi connectivity index (χ0v) is 22.8. The molecule has 2 heterocycles. The molecule has 2 aromatic heterocycles. The summed E-state index contributed by atoms with van der Waals surface area (Å²) in [6.45, 7) is 6.61. The molecule has 0 N–H and O–H groups in total. The van der Waals surface area contributed by atoms with E-state index >= 15 is 0 Å². The van der Waals surface area contributed by atoms with Gasteiger partial charge >= 0.3 is 0 Å². The van der Waals surface area contributed by atoms with Crippen LogP contribution in [0.3, 0.4) is 0 Å². The van der Waals surface area contributed by atoms with Crippen molar-refractivity contribution < 1.29 is 4.42 Å². The lowest BCUT2D eigenvalue weighted by atomic mass is 9.87. The average molecular weight is 520 g/mol. The van der Waals surface area contributed by atoms with Gasteiger partial charge in [0.15, 0.2) is 0 Å². The first-order chi connectivity index (χ1) is 19.5. The van der Waals surface area contributed by atoms with Gasteiger partial charge < -0.3 is 8.98 Å². The monoisotopic (exact) mass is 519 g/mol. The van der Waals surface area contributed by atoms with E-state index in [9.17, 15) is 0 Å². The van der Waals surface area contributed by atoms with Crippen LogP contribution in [0.25, 0.3) is 61.5 Å². The van der Waals surface area contributed by atoms with E-state index in [0.29, 0.717) is 11.8 Å². The van der Waals surface area contributed by atoms with Crippen LogP contribution in [-0.4, -0.2) is 14.8 Å². The lowest BCUT2D eigenvalue weighted by Crippen LogP contribution is -2.10. The average Bonchev–Trinajstić information content (AvgIpc) is 3.61. The third-order valence-corrected chi connectivity index (χ3v) is 7.59. The van der Waals surface area contributed by atoms with E-state index in [2.05, 4.69) is 133 Å². The van der Waals surface area contributed by atoms with Crippen LogP contribution in [0, 0.1) is 0 Å². The molecule has 5 aromatic carbocycles. The predicted molar refractivity (Wildman–Crippen MR) is 164 cm³/mol. The number of hydrogen-bond donors (Lipinski definition) is 0. The van der Waals surface area contributed by atoms with E-state index in [1.807, 2.05) is 24.3 Å². The summed E-state index contributed by atoms with van der Waals surface area (Å²) in [5.74, 6) is 1.04. The number of fused-ring (bicyclic) bond motifs is 3. The first kappa shape index (κ1) is 24.1. The Bertz CT molecular complexity index is 1900. The molecule has 0 aliphatic rings. The molecule has 0 aliphatic carbocycles. The predicted octanol–water partition coefficient (Wildman–Crippen LogP) is 9.47. The van der Waals surface area contributed by atoms with Crippen molar-refractivity contribution in [2.24, 2.45) is 0 Å². The molecule has 0 aliphatic heterocycles. The van der Waals surface area contributed by atoms with Gasteiger partial charge in [0.2, 0.25) is 11.8 Å². The third kappa shape index (κ3) is 4.18. The maximum absolute atomic E-state index is 6.03. The summed E-state index contributed by atoms with van der Waals surface area (Å²) in [6.07, 6.45) is 0. The topological polar surface area (TPSA) is 43.9 Å². The molecule has 0 radical (unpaired) electrons. The van der Waals surface area contributed by atoms with E-state index in [-0.39, 0.29) is 5.41 Å². The smallest absolute Gasteiger partial charge is 0.248 e. The first-order valence-corrected chi connectivity index (χ1v) is 13.6. The summed E-state index contributed by atoms with van der Waals surface area (Å²) in [4.78, 5) is 0. The third-order valence-electron chi connectivity index (χ3n) is 7.59. The van der Waals surface area contributed by atoms with Crippen molar-refractivity contribution in [2.45, 2.75) is 26.2 Å². The summed E-state index contributed by atoms with van der Waals surface area (Å²) >= 11 is 0.